The zero-order valence-corrected chi connectivity index (χ0v) is 10.7. The Morgan fingerprint density at radius 3 is 2.60 bits per heavy atom. The van der Waals surface area contributed by atoms with Gasteiger partial charge in [0.15, 0.2) is 0 Å². The molecule has 0 aliphatic heterocycles. The van der Waals surface area contributed by atoms with E-state index in [1.165, 1.54) is 26.2 Å². The predicted octanol–water partition coefficient (Wildman–Crippen LogP) is 1.20. The van der Waals surface area contributed by atoms with Gasteiger partial charge in [-0.15, -0.1) is 0 Å². The number of amides is 2. The maximum atomic E-state index is 11.6. The highest BCUT2D eigenvalue weighted by Crippen LogP contribution is 2.28. The second-order valence-electron chi connectivity index (χ2n) is 3.80. The van der Waals surface area contributed by atoms with Crippen molar-refractivity contribution >= 4 is 23.4 Å². The molecule has 0 saturated carbocycles. The molecule has 1 rings (SSSR count). The van der Waals surface area contributed by atoms with E-state index in [0.29, 0.717) is 0 Å². The Morgan fingerprint density at radius 2 is 2.10 bits per heavy atom. The molecule has 0 aliphatic carbocycles. The van der Waals surface area contributed by atoms with E-state index in [0.717, 1.165) is 6.07 Å². The van der Waals surface area contributed by atoms with Crippen LogP contribution in [-0.4, -0.2) is 35.2 Å². The molecular weight excluding hydrogens is 270 g/mol. The molecule has 0 unspecified atom stereocenters. The minimum atomic E-state index is -1.20. The average Bonchev–Trinajstić information content (AvgIpc) is 2.38. The van der Waals surface area contributed by atoms with Crippen molar-refractivity contribution < 1.29 is 24.4 Å². The summed E-state index contributed by atoms with van der Waals surface area (Å²) < 4.78 is 4.95. The highest BCUT2D eigenvalue weighted by Gasteiger charge is 2.17. The summed E-state index contributed by atoms with van der Waals surface area (Å²) in [4.78, 5) is 32.2. The van der Waals surface area contributed by atoms with E-state index in [4.69, 9.17) is 9.84 Å². The van der Waals surface area contributed by atoms with E-state index in [9.17, 15) is 19.7 Å². The molecule has 108 valence electrons. The summed E-state index contributed by atoms with van der Waals surface area (Å²) in [6, 6.07) is 1.76. The van der Waals surface area contributed by atoms with Crippen molar-refractivity contribution in [3.8, 4) is 5.75 Å². The Morgan fingerprint density at radius 1 is 1.45 bits per heavy atom. The molecule has 0 spiro atoms. The topological polar surface area (TPSA) is 131 Å². The van der Waals surface area contributed by atoms with Gasteiger partial charge in [-0.3, -0.25) is 14.9 Å². The molecule has 3 N–H and O–H groups in total. The second-order valence-corrected chi connectivity index (χ2v) is 3.80. The number of nitro groups is 1. The third-order valence-corrected chi connectivity index (χ3v) is 2.36. The summed E-state index contributed by atoms with van der Waals surface area (Å²) in [6.07, 6.45) is 0. The molecule has 20 heavy (non-hydrogen) atoms. The zero-order chi connectivity index (χ0) is 15.3. The van der Waals surface area contributed by atoms with Crippen LogP contribution < -0.4 is 15.4 Å². The lowest BCUT2D eigenvalue weighted by molar-refractivity contribution is -0.384. The lowest BCUT2D eigenvalue weighted by Gasteiger charge is -2.12. The fourth-order valence-corrected chi connectivity index (χ4v) is 1.32. The van der Waals surface area contributed by atoms with Gasteiger partial charge in [-0.2, -0.15) is 0 Å². The summed E-state index contributed by atoms with van der Waals surface area (Å²) in [5.41, 5.74) is -0.163. The van der Waals surface area contributed by atoms with Crippen molar-refractivity contribution in [1.29, 1.82) is 0 Å². The van der Waals surface area contributed by atoms with E-state index in [1.54, 1.807) is 0 Å². The molecule has 0 radical (unpaired) electrons. The number of rotatable bonds is 5. The number of benzene rings is 1. The first-order valence-corrected chi connectivity index (χ1v) is 5.48. The first-order chi connectivity index (χ1) is 9.35. The Bertz CT molecular complexity index is 545. The smallest absolute Gasteiger partial charge is 0.325 e. The van der Waals surface area contributed by atoms with Crippen molar-refractivity contribution in [2.24, 2.45) is 0 Å². The van der Waals surface area contributed by atoms with Gasteiger partial charge in [0, 0.05) is 12.1 Å². The lowest BCUT2D eigenvalue weighted by atomic mass is 10.2. The molecule has 1 atom stereocenters. The molecular formula is C11H13N3O6. The molecule has 0 bridgehead atoms. The molecule has 0 saturated heterocycles. The van der Waals surface area contributed by atoms with Crippen LogP contribution in [0.1, 0.15) is 6.92 Å². The molecule has 9 heteroatoms. The van der Waals surface area contributed by atoms with Gasteiger partial charge in [-0.1, -0.05) is 0 Å². The van der Waals surface area contributed by atoms with Crippen LogP contribution in [0, 0.1) is 10.1 Å². The summed E-state index contributed by atoms with van der Waals surface area (Å²) >= 11 is 0. The van der Waals surface area contributed by atoms with E-state index in [1.807, 2.05) is 0 Å². The number of carbonyl (C=O) groups excluding carboxylic acids is 1. The Balaban J connectivity index is 2.89. The number of aliphatic carboxylic acids is 1. The van der Waals surface area contributed by atoms with Gasteiger partial charge in [-0.25, -0.2) is 4.79 Å². The molecule has 0 fully saturated rings. The van der Waals surface area contributed by atoms with Gasteiger partial charge in [-0.05, 0) is 13.0 Å². The number of nitro benzene ring substituents is 1. The quantitative estimate of drug-likeness (QED) is 0.549. The Kier molecular flexibility index (Phi) is 4.84. The third kappa shape index (κ3) is 3.83. The van der Waals surface area contributed by atoms with Gasteiger partial charge in [0.25, 0.3) is 5.69 Å². The Labute approximate surface area is 113 Å². The van der Waals surface area contributed by atoms with Crippen LogP contribution in [0.4, 0.5) is 16.2 Å². The first-order valence-electron chi connectivity index (χ1n) is 5.48. The molecule has 0 aromatic heterocycles. The summed E-state index contributed by atoms with van der Waals surface area (Å²) in [6.45, 7) is 1.28. The number of carboxylic acid groups (broad SMARTS) is 1. The van der Waals surface area contributed by atoms with Crippen LogP contribution in [0.3, 0.4) is 0 Å². The SMILES string of the molecule is COc1ccc([N+](=O)[O-])cc1NC(=O)N[C@H](C)C(=O)O. The highest BCUT2D eigenvalue weighted by molar-refractivity contribution is 5.93. The minimum Gasteiger partial charge on any atom is -0.495 e. The summed E-state index contributed by atoms with van der Waals surface area (Å²) in [5, 5.41) is 23.8. The van der Waals surface area contributed by atoms with Crippen LogP contribution in [-0.2, 0) is 4.79 Å². The lowest BCUT2D eigenvalue weighted by Crippen LogP contribution is -2.40. The molecule has 1 aromatic carbocycles. The average molecular weight is 283 g/mol. The van der Waals surface area contributed by atoms with Gasteiger partial charge < -0.3 is 20.5 Å². The Hall–Kier alpha value is -2.84. The van der Waals surface area contributed by atoms with Crippen molar-refractivity contribution in [1.82, 2.24) is 5.32 Å². The number of nitrogens with zero attached hydrogens (tertiary/aromatic N) is 1. The number of carbonyl (C=O) groups is 2. The number of urea groups is 1. The van der Waals surface area contributed by atoms with E-state index in [-0.39, 0.29) is 17.1 Å². The molecule has 0 heterocycles. The fraction of sp³-hybridized carbons (Fsp3) is 0.273. The number of nitrogens with one attached hydrogen (secondary N) is 2. The monoisotopic (exact) mass is 283 g/mol. The number of ether oxygens (including phenoxy) is 1. The van der Waals surface area contributed by atoms with E-state index in [2.05, 4.69) is 10.6 Å². The van der Waals surface area contributed by atoms with Gasteiger partial charge in [0.05, 0.1) is 17.7 Å². The van der Waals surface area contributed by atoms with E-state index < -0.39 is 23.0 Å². The van der Waals surface area contributed by atoms with E-state index >= 15 is 0 Å². The number of hydrogen-bond donors (Lipinski definition) is 3. The van der Waals surface area contributed by atoms with Gasteiger partial charge in [0.1, 0.15) is 11.8 Å². The van der Waals surface area contributed by atoms with Gasteiger partial charge >= 0.3 is 12.0 Å². The van der Waals surface area contributed by atoms with Gasteiger partial charge in [0.2, 0.25) is 0 Å². The molecule has 1 aromatic rings. The normalized spacial score (nSPS) is 11.3. The van der Waals surface area contributed by atoms with Crippen LogP contribution in [0.5, 0.6) is 5.75 Å². The number of anilines is 1. The maximum absolute atomic E-state index is 11.6. The third-order valence-electron chi connectivity index (χ3n) is 2.36. The molecule has 9 nitrogen and oxygen atoms in total. The standard InChI is InChI=1S/C11H13N3O6/c1-6(10(15)16)12-11(17)13-8-5-7(14(18)19)3-4-9(8)20-2/h3-6H,1-2H3,(H,15,16)(H2,12,13,17)/t6-/m1/s1. The fourth-order valence-electron chi connectivity index (χ4n) is 1.32. The van der Waals surface area contributed by atoms with Crippen LogP contribution >= 0.6 is 0 Å². The minimum absolute atomic E-state index is 0.0665. The molecule has 0 aliphatic rings. The number of carboxylic acids is 1. The summed E-state index contributed by atoms with van der Waals surface area (Å²) in [7, 11) is 1.34. The number of methoxy groups -OCH3 is 1. The first kappa shape index (κ1) is 15.2. The summed E-state index contributed by atoms with van der Waals surface area (Å²) in [5.74, 6) is -0.986. The van der Waals surface area contributed by atoms with Crippen LogP contribution in [0.2, 0.25) is 0 Å². The second kappa shape index (κ2) is 6.36. The predicted molar refractivity (Wildman–Crippen MR) is 68.9 cm³/mol. The molecule has 2 amide bonds. The van der Waals surface area contributed by atoms with Crippen LogP contribution in [0.25, 0.3) is 0 Å². The maximum Gasteiger partial charge on any atom is 0.325 e. The van der Waals surface area contributed by atoms with Crippen molar-refractivity contribution in [2.75, 3.05) is 12.4 Å². The highest BCUT2D eigenvalue weighted by atomic mass is 16.6. The van der Waals surface area contributed by atoms with Crippen molar-refractivity contribution in [3.63, 3.8) is 0 Å². The zero-order valence-electron chi connectivity index (χ0n) is 10.7. The van der Waals surface area contributed by atoms with Crippen LogP contribution in [0.15, 0.2) is 18.2 Å². The number of hydrogen-bond acceptors (Lipinski definition) is 5. The van der Waals surface area contributed by atoms with Crippen molar-refractivity contribution in [3.05, 3.63) is 28.3 Å². The number of non-ortho nitro benzene ring substituents is 1. The largest absolute Gasteiger partial charge is 0.495 e. The van der Waals surface area contributed by atoms with Crippen molar-refractivity contribution in [2.45, 2.75) is 13.0 Å².